The third-order valence-corrected chi connectivity index (χ3v) is 5.18. The van der Waals surface area contributed by atoms with Gasteiger partial charge in [-0.1, -0.05) is 28.9 Å². The number of halogens is 1. The van der Waals surface area contributed by atoms with Crippen molar-refractivity contribution in [2.24, 2.45) is 0 Å². The molecule has 2 heterocycles. The lowest BCUT2D eigenvalue weighted by molar-refractivity contribution is -0.132. The highest BCUT2D eigenvalue weighted by molar-refractivity contribution is 6.51. The number of rotatable bonds is 5. The van der Waals surface area contributed by atoms with E-state index in [2.05, 4.69) is 5.16 Å². The van der Waals surface area contributed by atoms with Crippen molar-refractivity contribution in [2.45, 2.75) is 19.9 Å². The first-order valence-corrected chi connectivity index (χ1v) is 10.0. The normalized spacial score (nSPS) is 17.9. The van der Waals surface area contributed by atoms with E-state index in [1.807, 2.05) is 6.92 Å². The second-order valence-corrected chi connectivity index (χ2v) is 7.41. The molecule has 0 bridgehead atoms. The van der Waals surface area contributed by atoms with E-state index >= 15 is 0 Å². The molecule has 1 N–H and O–H groups in total. The summed E-state index contributed by atoms with van der Waals surface area (Å²) < 4.78 is 10.5. The van der Waals surface area contributed by atoms with Crippen molar-refractivity contribution >= 4 is 34.9 Å². The van der Waals surface area contributed by atoms with Crippen molar-refractivity contribution < 1.29 is 24.0 Å². The van der Waals surface area contributed by atoms with Gasteiger partial charge >= 0.3 is 5.91 Å². The van der Waals surface area contributed by atoms with Crippen LogP contribution in [0.1, 0.15) is 29.9 Å². The number of hydrogen-bond donors (Lipinski definition) is 1. The Hall–Kier alpha value is -3.58. The van der Waals surface area contributed by atoms with Crippen LogP contribution in [0, 0.1) is 6.92 Å². The predicted octanol–water partition coefficient (Wildman–Crippen LogP) is 4.66. The number of ether oxygens (including phenoxy) is 1. The molecule has 2 aromatic carbocycles. The summed E-state index contributed by atoms with van der Waals surface area (Å²) in [4.78, 5) is 27.2. The fourth-order valence-corrected chi connectivity index (χ4v) is 3.65. The molecular weight excluding hydrogens is 420 g/mol. The molecule has 1 atom stereocenters. The predicted molar refractivity (Wildman–Crippen MR) is 115 cm³/mol. The van der Waals surface area contributed by atoms with Gasteiger partial charge in [0.15, 0.2) is 5.82 Å². The molecular formula is C23H19ClN2O5. The number of aromatic nitrogens is 1. The monoisotopic (exact) mass is 438 g/mol. The Morgan fingerprint density at radius 3 is 2.42 bits per heavy atom. The lowest BCUT2D eigenvalue weighted by Crippen LogP contribution is -2.29. The van der Waals surface area contributed by atoms with Crippen molar-refractivity contribution in [1.29, 1.82) is 0 Å². The molecule has 158 valence electrons. The van der Waals surface area contributed by atoms with Crippen LogP contribution >= 0.6 is 11.6 Å². The van der Waals surface area contributed by atoms with E-state index < -0.39 is 17.7 Å². The average Bonchev–Trinajstić information content (AvgIpc) is 3.30. The summed E-state index contributed by atoms with van der Waals surface area (Å²) in [5.74, 6) is -0.604. The van der Waals surface area contributed by atoms with Gasteiger partial charge < -0.3 is 14.4 Å². The first-order valence-electron chi connectivity index (χ1n) is 9.63. The minimum Gasteiger partial charge on any atom is -0.507 e. The summed E-state index contributed by atoms with van der Waals surface area (Å²) >= 11 is 6.02. The number of nitrogens with zero attached hydrogens (tertiary/aromatic N) is 2. The van der Waals surface area contributed by atoms with Crippen LogP contribution in [0.15, 0.2) is 64.7 Å². The smallest absolute Gasteiger partial charge is 0.301 e. The van der Waals surface area contributed by atoms with E-state index in [0.29, 0.717) is 34.3 Å². The van der Waals surface area contributed by atoms with Gasteiger partial charge in [0.2, 0.25) is 0 Å². The van der Waals surface area contributed by atoms with E-state index in [-0.39, 0.29) is 17.2 Å². The van der Waals surface area contributed by atoms with Gasteiger partial charge in [-0.2, -0.15) is 0 Å². The molecule has 0 aliphatic carbocycles. The van der Waals surface area contributed by atoms with Crippen LogP contribution in [0.25, 0.3) is 5.76 Å². The largest absolute Gasteiger partial charge is 0.507 e. The van der Waals surface area contributed by atoms with E-state index in [4.69, 9.17) is 20.9 Å². The van der Waals surface area contributed by atoms with Crippen molar-refractivity contribution in [3.05, 3.63) is 82.1 Å². The van der Waals surface area contributed by atoms with Crippen LogP contribution in [0.5, 0.6) is 5.75 Å². The Kier molecular flexibility index (Phi) is 5.52. The van der Waals surface area contributed by atoms with Gasteiger partial charge in [-0.05, 0) is 55.8 Å². The van der Waals surface area contributed by atoms with Crippen molar-refractivity contribution in [2.75, 3.05) is 11.5 Å². The standard InChI is InChI=1S/C23H19ClN2O5/c1-3-30-17-10-6-15(7-11-17)21(27)19-20(14-4-8-16(24)9-5-14)26(23(29)22(19)28)18-12-13(2)31-25-18/h4-12,20,27H,3H2,1-2H3/b21-19+. The summed E-state index contributed by atoms with van der Waals surface area (Å²) in [6.45, 7) is 4.06. The maximum atomic E-state index is 13.0. The number of carbonyl (C=O) groups excluding carboxylic acids is 2. The summed E-state index contributed by atoms with van der Waals surface area (Å²) in [7, 11) is 0. The third kappa shape index (κ3) is 3.80. The number of carbonyl (C=O) groups is 2. The number of anilines is 1. The first kappa shape index (κ1) is 20.7. The van der Waals surface area contributed by atoms with E-state index in [1.165, 1.54) is 4.90 Å². The fourth-order valence-electron chi connectivity index (χ4n) is 3.53. The van der Waals surface area contributed by atoms with E-state index in [0.717, 1.165) is 0 Å². The SMILES string of the molecule is CCOc1ccc(/C(O)=C2\C(=O)C(=O)N(c3cc(C)on3)C2c2ccc(Cl)cc2)cc1. The molecule has 4 rings (SSSR count). The molecule has 1 aliphatic heterocycles. The molecule has 1 aliphatic rings. The molecule has 31 heavy (non-hydrogen) atoms. The van der Waals surface area contributed by atoms with Crippen molar-refractivity contribution in [3.63, 3.8) is 0 Å². The van der Waals surface area contributed by atoms with Crippen LogP contribution in [-0.2, 0) is 9.59 Å². The molecule has 7 nitrogen and oxygen atoms in total. The minimum absolute atomic E-state index is 0.0443. The number of hydrogen-bond acceptors (Lipinski definition) is 6. The maximum absolute atomic E-state index is 13.0. The van der Waals surface area contributed by atoms with Gasteiger partial charge in [0.25, 0.3) is 5.78 Å². The molecule has 1 saturated heterocycles. The molecule has 0 saturated carbocycles. The highest BCUT2D eigenvalue weighted by Crippen LogP contribution is 2.42. The van der Waals surface area contributed by atoms with Gasteiger partial charge in [0, 0.05) is 16.7 Å². The Balaban J connectivity index is 1.87. The second-order valence-electron chi connectivity index (χ2n) is 6.97. The van der Waals surface area contributed by atoms with E-state index in [1.54, 1.807) is 61.5 Å². The van der Waals surface area contributed by atoms with Crippen LogP contribution in [0.2, 0.25) is 5.02 Å². The highest BCUT2D eigenvalue weighted by atomic mass is 35.5. The zero-order chi connectivity index (χ0) is 22.1. The summed E-state index contributed by atoms with van der Waals surface area (Å²) in [5.41, 5.74) is 0.936. The molecule has 1 aromatic heterocycles. The Morgan fingerprint density at radius 1 is 1.16 bits per heavy atom. The zero-order valence-electron chi connectivity index (χ0n) is 16.8. The number of amides is 1. The zero-order valence-corrected chi connectivity index (χ0v) is 17.6. The maximum Gasteiger partial charge on any atom is 0.301 e. The number of benzene rings is 2. The van der Waals surface area contributed by atoms with Crippen molar-refractivity contribution in [3.8, 4) is 5.75 Å². The van der Waals surface area contributed by atoms with E-state index in [9.17, 15) is 14.7 Å². The molecule has 1 amide bonds. The fraction of sp³-hybridized carbons (Fsp3) is 0.174. The average molecular weight is 439 g/mol. The van der Waals surface area contributed by atoms with Gasteiger partial charge in [-0.3, -0.25) is 14.5 Å². The molecule has 0 radical (unpaired) electrons. The molecule has 1 fully saturated rings. The topological polar surface area (TPSA) is 92.9 Å². The Morgan fingerprint density at radius 2 is 1.84 bits per heavy atom. The number of aryl methyl sites for hydroxylation is 1. The van der Waals surface area contributed by atoms with Crippen LogP contribution in [0.4, 0.5) is 5.82 Å². The first-order chi connectivity index (χ1) is 14.9. The quantitative estimate of drug-likeness (QED) is 0.354. The lowest BCUT2D eigenvalue weighted by Gasteiger charge is -2.22. The van der Waals surface area contributed by atoms with Gasteiger partial charge in [-0.15, -0.1) is 0 Å². The minimum atomic E-state index is -0.895. The number of ketones is 1. The van der Waals surface area contributed by atoms with Gasteiger partial charge in [-0.25, -0.2) is 0 Å². The molecule has 1 unspecified atom stereocenters. The summed E-state index contributed by atoms with van der Waals surface area (Å²) in [5, 5.41) is 15.5. The van der Waals surface area contributed by atoms with Gasteiger partial charge in [0.05, 0.1) is 18.2 Å². The summed E-state index contributed by atoms with van der Waals surface area (Å²) in [6, 6.07) is 14.0. The lowest BCUT2D eigenvalue weighted by atomic mass is 9.95. The number of aliphatic hydroxyl groups excluding tert-OH is 1. The van der Waals surface area contributed by atoms with Gasteiger partial charge in [0.1, 0.15) is 17.3 Å². The van der Waals surface area contributed by atoms with Crippen molar-refractivity contribution in [1.82, 2.24) is 5.16 Å². The second kappa shape index (κ2) is 8.28. The van der Waals surface area contributed by atoms with Crippen LogP contribution < -0.4 is 9.64 Å². The van der Waals surface area contributed by atoms with Crippen LogP contribution in [0.3, 0.4) is 0 Å². The number of aliphatic hydroxyl groups is 1. The Bertz CT molecular complexity index is 1170. The Labute approximate surface area is 183 Å². The molecule has 3 aromatic rings. The summed E-state index contributed by atoms with van der Waals surface area (Å²) in [6.07, 6.45) is 0. The highest BCUT2D eigenvalue weighted by Gasteiger charge is 2.48. The third-order valence-electron chi connectivity index (χ3n) is 4.93. The molecule has 0 spiro atoms. The van der Waals surface area contributed by atoms with Crippen LogP contribution in [-0.4, -0.2) is 28.6 Å². The number of Topliss-reactive ketones (excluding diaryl/α,β-unsaturated/α-hetero) is 1. The molecule has 8 heteroatoms.